The minimum absolute atomic E-state index is 0.0487. The fraction of sp³-hybridized carbons (Fsp3) is 0.475. The molecule has 2 aromatic carbocycles. The third-order valence-electron chi connectivity index (χ3n) is 13.6. The molecule has 4 unspecified atom stereocenters. The number of urea groups is 1. The third-order valence-corrected chi connectivity index (χ3v) is 13.6. The number of hydrazone groups is 1. The van der Waals surface area contributed by atoms with Crippen LogP contribution in [-0.2, 0) is 28.7 Å². The molecule has 5 amide bonds. The Bertz CT molecular complexity index is 3010. The van der Waals surface area contributed by atoms with E-state index in [4.69, 9.17) is 21.3 Å². The number of hydrogen-bond donors (Lipinski definition) is 9. The number of amides is 5. The summed E-state index contributed by atoms with van der Waals surface area (Å²) < 4.78 is 30.6. The highest BCUT2D eigenvalue weighted by Gasteiger charge is 2.46. The summed E-state index contributed by atoms with van der Waals surface area (Å²) in [7, 11) is 3.58. The minimum Gasteiger partial charge on any atom is -0.508 e. The van der Waals surface area contributed by atoms with Crippen LogP contribution < -0.4 is 42.7 Å². The molecule has 5 rings (SSSR count). The summed E-state index contributed by atoms with van der Waals surface area (Å²) in [4.78, 5) is 91.6. The van der Waals surface area contributed by atoms with Gasteiger partial charge in [0.15, 0.2) is 12.1 Å². The number of primary amides is 2. The average molecular weight is 1220 g/mol. The van der Waals surface area contributed by atoms with E-state index in [1.54, 1.807) is 57.9 Å². The van der Waals surface area contributed by atoms with Crippen LogP contribution in [0.2, 0.25) is 0 Å². The number of amidine groups is 1. The molecule has 3 aliphatic heterocycles. The van der Waals surface area contributed by atoms with Gasteiger partial charge >= 0.3 is 17.8 Å². The minimum atomic E-state index is -0.918. The number of aliphatic hydroxyl groups is 2. The van der Waals surface area contributed by atoms with Crippen molar-refractivity contribution in [2.75, 3.05) is 90.2 Å². The van der Waals surface area contributed by atoms with Crippen molar-refractivity contribution in [3.05, 3.63) is 117 Å². The maximum atomic E-state index is 13.3. The van der Waals surface area contributed by atoms with Crippen molar-refractivity contribution in [2.45, 2.75) is 111 Å². The van der Waals surface area contributed by atoms with E-state index < -0.39 is 71.3 Å². The van der Waals surface area contributed by atoms with E-state index in [2.05, 4.69) is 50.5 Å². The van der Waals surface area contributed by atoms with Gasteiger partial charge in [0.05, 0.1) is 59.8 Å². The highest BCUT2D eigenvalue weighted by molar-refractivity contribution is 6.22. The molecule has 4 atom stereocenters. The van der Waals surface area contributed by atoms with Crippen molar-refractivity contribution in [3.63, 3.8) is 0 Å². The maximum Gasteiger partial charge on any atom is 0.407 e. The van der Waals surface area contributed by atoms with Gasteiger partial charge in [-0.2, -0.15) is 5.10 Å². The van der Waals surface area contributed by atoms with Crippen molar-refractivity contribution < 1.29 is 62.7 Å². The summed E-state index contributed by atoms with van der Waals surface area (Å²) in [5.74, 6) is -4.18. The van der Waals surface area contributed by atoms with Gasteiger partial charge in [0, 0.05) is 81.5 Å². The van der Waals surface area contributed by atoms with Crippen LogP contribution in [0.15, 0.2) is 90.3 Å². The van der Waals surface area contributed by atoms with Gasteiger partial charge in [0.2, 0.25) is 17.6 Å². The number of piperazine rings is 2. The van der Waals surface area contributed by atoms with Gasteiger partial charge in [-0.05, 0) is 115 Å². The van der Waals surface area contributed by atoms with Crippen LogP contribution in [0.1, 0.15) is 90.7 Å². The molecule has 0 aromatic heterocycles. The Labute approximate surface area is 507 Å². The topological polar surface area (TPSA) is 340 Å². The molecule has 3 fully saturated rings. The number of phenolic OH excluding ortho intramolecular Hbond substituents is 1. The molecule has 3 heterocycles. The number of unbranched alkanes of at least 4 members (excludes halogenated alkanes) is 2. The number of rotatable bonds is 23. The average Bonchev–Trinajstić information content (AvgIpc) is 1.48. The summed E-state index contributed by atoms with van der Waals surface area (Å²) in [6, 6.07) is 4.20. The Morgan fingerprint density at radius 2 is 1.62 bits per heavy atom. The van der Waals surface area contributed by atoms with E-state index in [0.29, 0.717) is 68.6 Å². The van der Waals surface area contributed by atoms with Gasteiger partial charge in [-0.25, -0.2) is 18.5 Å². The van der Waals surface area contributed by atoms with Crippen LogP contribution in [0, 0.1) is 17.6 Å². The molecule has 24 nitrogen and oxygen atoms in total. The first-order chi connectivity index (χ1) is 41.1. The van der Waals surface area contributed by atoms with Crippen molar-refractivity contribution in [1.29, 1.82) is 0 Å². The lowest BCUT2D eigenvalue weighted by molar-refractivity contribution is -0.145. The molecular weight excluding hydrogens is 1130 g/mol. The number of nitrogens with zero attached hydrogens (tertiary/aromatic N) is 7. The third kappa shape index (κ3) is 25.8. The summed E-state index contributed by atoms with van der Waals surface area (Å²) >= 11 is 0. The van der Waals surface area contributed by atoms with Gasteiger partial charge in [0.1, 0.15) is 29.2 Å². The number of ether oxygens (including phenoxy) is 1. The summed E-state index contributed by atoms with van der Waals surface area (Å²) in [5, 5.41) is 54.1. The molecular formula is C61H89F2N12O12+. The van der Waals surface area contributed by atoms with E-state index in [0.717, 1.165) is 50.0 Å². The number of nitroso groups, excluding NO2 is 1. The first kappa shape index (κ1) is 74.4. The first-order valence-corrected chi connectivity index (χ1v) is 28.5. The van der Waals surface area contributed by atoms with Crippen LogP contribution in [0.4, 0.5) is 25.0 Å². The van der Waals surface area contributed by atoms with Crippen molar-refractivity contribution >= 4 is 71.1 Å². The number of nitrogens with two attached hydrogens (primary N) is 2. The second kappa shape index (κ2) is 38.4. The van der Waals surface area contributed by atoms with E-state index >= 15 is 0 Å². The lowest BCUT2D eigenvalue weighted by atomic mass is 9.98. The zero-order valence-electron chi connectivity index (χ0n) is 51.3. The number of ketones is 1. The number of carbonyl (C=O) groups is 6. The smallest absolute Gasteiger partial charge is 0.407 e. The molecule has 87 heavy (non-hydrogen) atoms. The number of aliphatic hydroxyl groups excluding tert-OH is 2. The second-order valence-corrected chi connectivity index (χ2v) is 20.9. The van der Waals surface area contributed by atoms with Crippen molar-refractivity contribution in [3.8, 4) is 5.75 Å². The molecule has 0 saturated carbocycles. The quantitative estimate of drug-likeness (QED) is 0.0190. The molecule has 3 saturated heterocycles. The van der Waals surface area contributed by atoms with Gasteiger partial charge in [0.25, 0.3) is 5.91 Å². The van der Waals surface area contributed by atoms with Crippen LogP contribution in [0.5, 0.6) is 5.75 Å². The fourth-order valence-electron chi connectivity index (χ4n) is 9.27. The number of carboxylic acid groups (broad SMARTS) is 1. The van der Waals surface area contributed by atoms with Gasteiger partial charge in [-0.15, -0.1) is 0 Å². The van der Waals surface area contributed by atoms with Crippen molar-refractivity contribution in [1.82, 2.24) is 34.8 Å². The standard InChI is InChI=1S/C28H40N4O6.C15H25N5O4.C10H12FN3O2.C8H11F/c1-6-16-38-21(4)27(36)26(20(3)33)25-19(2)17-23(29-5)22(28(25)37)18-30-32-14-12-31(13-15-32)11-9-7-8-10-24(34)35;1-10(21)8-13(17-24)19-5-3-4-11(19)15(23)20-7-6-18(2)9-12(20)14(16)22;1-6-2-3-8(7(11)4-6)14-10(16)13-5-9(12)15;1-4-5-7(2)6-8(3)9/h6,16-18,21,29,33,37H,2-3,7-15H2,1,4-5H3,(H,34,35);10-12,21H,3-9H2,1-2H3,(H-,16,22);2-4H,5H2,1H3,(H2,12,15)(H2,13,14,16);4-6H,3H2,1-2H3/p+1/b16-6+,26-25-,30-18+;;;5-4-,7-6-. The molecule has 0 aliphatic carbocycles. The summed E-state index contributed by atoms with van der Waals surface area (Å²) in [6.07, 6.45) is 12.2. The number of halogens is 2. The van der Waals surface area contributed by atoms with E-state index in [9.17, 15) is 57.8 Å². The number of aliphatic carboxylic acids is 1. The van der Waals surface area contributed by atoms with Crippen LogP contribution in [0.25, 0.3) is 12.2 Å². The molecule has 478 valence electrons. The zero-order valence-corrected chi connectivity index (χ0v) is 51.3. The van der Waals surface area contributed by atoms with Crippen LogP contribution in [0.3, 0.4) is 0 Å². The Kier molecular flexibility index (Phi) is 32.8. The van der Waals surface area contributed by atoms with Crippen LogP contribution >= 0.6 is 0 Å². The number of nitrogens with one attached hydrogen (secondary N) is 3. The van der Waals surface area contributed by atoms with Crippen LogP contribution in [-0.4, -0.2) is 196 Å². The molecule has 0 bridgehead atoms. The monoisotopic (exact) mass is 1220 g/mol. The number of allylic oxidation sites excluding steroid dienone is 7. The van der Waals surface area contributed by atoms with Gasteiger partial charge in [-0.3, -0.25) is 33.9 Å². The number of Topliss-reactive ketones (excluding diaryl/α,β-unsaturated/α-hetero) is 1. The number of aromatic hydroxyl groups is 1. The predicted octanol–water partition coefficient (Wildman–Crippen LogP) is 3.99. The Morgan fingerprint density at radius 3 is 2.17 bits per heavy atom. The molecule has 3 aliphatic rings. The highest BCUT2D eigenvalue weighted by Crippen LogP contribution is 2.24. The SMILES string of the molecule is C=C(F)/C=C(C)\C=C/C.C=C(O)/C(C(=O)C(C)O/C=C/C)=c1/c(O)c(/C=N/N2CCN(CCCCCC(=O)O)CC2)c(NC)cc1=C.CC(O)CC(=[N+]=O)N1CCCC1C(=O)N1CCN(C)CC1C(N)=O.Cc1ccc(NC(=O)NCC(N)=O)c(F)c1. The number of phenols is 1. The number of carboxylic acids is 1. The zero-order chi connectivity index (χ0) is 65.5. The van der Waals surface area contributed by atoms with Crippen molar-refractivity contribution in [2.24, 2.45) is 16.6 Å². The number of likely N-dealkylation sites (tertiary alicyclic amines) is 1. The summed E-state index contributed by atoms with van der Waals surface area (Å²) in [5.41, 5.74) is 12.7. The Morgan fingerprint density at radius 1 is 0.943 bits per heavy atom. The normalized spacial score (nSPS) is 17.3. The lowest BCUT2D eigenvalue weighted by Gasteiger charge is -2.39. The molecule has 2 aromatic rings. The van der Waals surface area contributed by atoms with Gasteiger partial charge in [-0.1, -0.05) is 50.5 Å². The first-order valence-electron chi connectivity index (χ1n) is 28.5. The van der Waals surface area contributed by atoms with E-state index in [-0.39, 0.29) is 53.4 Å². The lowest BCUT2D eigenvalue weighted by Crippen LogP contribution is -2.62. The number of anilines is 2. The molecule has 11 N–H and O–H groups in total. The maximum absolute atomic E-state index is 13.3. The molecule has 26 heteroatoms. The predicted molar refractivity (Wildman–Crippen MR) is 335 cm³/mol. The van der Waals surface area contributed by atoms with E-state index in [1.807, 2.05) is 43.0 Å². The number of aryl methyl sites for hydroxylation is 1. The molecule has 0 radical (unpaired) electrons. The largest absolute Gasteiger partial charge is 0.508 e. The molecule has 0 spiro atoms. The highest BCUT2D eigenvalue weighted by atomic mass is 19.1. The van der Waals surface area contributed by atoms with Gasteiger partial charge < -0.3 is 62.4 Å². The fourth-order valence-corrected chi connectivity index (χ4v) is 9.27. The number of hydrogen-bond acceptors (Lipinski definition) is 16. The number of benzene rings is 2. The number of carbonyl (C=O) groups excluding carboxylic acids is 5. The second-order valence-electron chi connectivity index (χ2n) is 20.9. The Hall–Kier alpha value is -8.71. The summed E-state index contributed by atoms with van der Waals surface area (Å²) in [6.45, 7) is 26.6. The van der Waals surface area contributed by atoms with E-state index in [1.165, 1.54) is 35.6 Å². The number of likely N-dealkylation sites (N-methyl/N-ethyl adjacent to an activating group) is 1. The Balaban J connectivity index is 0.000000446.